The molecule has 146 valence electrons. The summed E-state index contributed by atoms with van der Waals surface area (Å²) in [6.07, 6.45) is 7.25. The lowest BCUT2D eigenvalue weighted by atomic mass is 9.95. The maximum atomic E-state index is 13.0. The third-order valence-electron chi connectivity index (χ3n) is 5.28. The number of fused-ring (bicyclic) bond motifs is 2. The molecule has 3 heterocycles. The van der Waals surface area contributed by atoms with Crippen molar-refractivity contribution in [2.24, 2.45) is 0 Å². The van der Waals surface area contributed by atoms with Gasteiger partial charge >= 0.3 is 0 Å². The number of carbonyl (C=O) groups is 1. The fourth-order valence-corrected chi connectivity index (χ4v) is 3.82. The highest BCUT2D eigenvalue weighted by Crippen LogP contribution is 2.21. The molecule has 3 aromatic heterocycles. The Morgan fingerprint density at radius 3 is 2.75 bits per heavy atom. The monoisotopic (exact) mass is 379 g/mol. The smallest absolute Gasteiger partial charge is 0.267 e. The molecular formula is C21H25N5O2. The van der Waals surface area contributed by atoms with Crippen LogP contribution in [0.2, 0.25) is 0 Å². The van der Waals surface area contributed by atoms with Crippen LogP contribution in [0.3, 0.4) is 0 Å². The minimum atomic E-state index is -0.217. The largest absolute Gasteiger partial charge is 0.370 e. The Kier molecular flexibility index (Phi) is 4.98. The topological polar surface area (TPSA) is 88.4 Å². The Hall–Kier alpha value is -2.96. The van der Waals surface area contributed by atoms with E-state index in [-0.39, 0.29) is 17.5 Å². The zero-order valence-electron chi connectivity index (χ0n) is 16.3. The van der Waals surface area contributed by atoms with Crippen LogP contribution in [0.5, 0.6) is 0 Å². The van der Waals surface area contributed by atoms with Crippen molar-refractivity contribution in [3.05, 3.63) is 45.9 Å². The van der Waals surface area contributed by atoms with Gasteiger partial charge in [0.15, 0.2) is 5.65 Å². The van der Waals surface area contributed by atoms with Crippen molar-refractivity contribution in [2.45, 2.75) is 52.0 Å². The van der Waals surface area contributed by atoms with Gasteiger partial charge in [-0.05, 0) is 44.4 Å². The van der Waals surface area contributed by atoms with Gasteiger partial charge in [-0.1, -0.05) is 25.3 Å². The lowest BCUT2D eigenvalue weighted by molar-refractivity contribution is 0.0928. The van der Waals surface area contributed by atoms with E-state index in [1.165, 1.54) is 10.8 Å². The first-order valence-electron chi connectivity index (χ1n) is 9.95. The molecule has 0 radical (unpaired) electrons. The molecule has 0 bridgehead atoms. The number of pyridine rings is 2. The van der Waals surface area contributed by atoms with Crippen LogP contribution in [-0.4, -0.2) is 32.9 Å². The van der Waals surface area contributed by atoms with Crippen LogP contribution in [0.4, 0.5) is 5.82 Å². The predicted octanol–water partition coefficient (Wildman–Crippen LogP) is 3.05. The van der Waals surface area contributed by atoms with E-state index in [9.17, 15) is 9.59 Å². The Bertz CT molecular complexity index is 1100. The molecule has 1 aliphatic rings. The molecule has 0 atom stereocenters. The normalized spacial score (nSPS) is 15.1. The lowest BCUT2D eigenvalue weighted by Gasteiger charge is -2.23. The highest BCUT2D eigenvalue weighted by molar-refractivity contribution is 6.02. The SMILES string of the molecule is CCNc1nc2nc3ccc(C)cn3c(=O)c2cc1C(=O)NC1CCCCC1. The van der Waals surface area contributed by atoms with Gasteiger partial charge in [-0.15, -0.1) is 0 Å². The molecule has 0 aromatic carbocycles. The number of aromatic nitrogens is 3. The number of anilines is 1. The first-order chi connectivity index (χ1) is 13.6. The van der Waals surface area contributed by atoms with Crippen molar-refractivity contribution in [3.8, 4) is 0 Å². The van der Waals surface area contributed by atoms with E-state index in [1.54, 1.807) is 18.3 Å². The van der Waals surface area contributed by atoms with E-state index < -0.39 is 0 Å². The summed E-state index contributed by atoms with van der Waals surface area (Å²) in [4.78, 5) is 35.0. The van der Waals surface area contributed by atoms with Gasteiger partial charge in [0, 0.05) is 18.8 Å². The van der Waals surface area contributed by atoms with Crippen molar-refractivity contribution >= 4 is 28.4 Å². The lowest BCUT2D eigenvalue weighted by Crippen LogP contribution is -2.36. The van der Waals surface area contributed by atoms with Gasteiger partial charge in [-0.2, -0.15) is 0 Å². The summed E-state index contributed by atoms with van der Waals surface area (Å²) in [6, 6.07) is 5.52. The summed E-state index contributed by atoms with van der Waals surface area (Å²) >= 11 is 0. The van der Waals surface area contributed by atoms with Gasteiger partial charge in [-0.25, -0.2) is 9.97 Å². The molecule has 7 nitrogen and oxygen atoms in total. The molecule has 0 aliphatic heterocycles. The molecule has 1 saturated carbocycles. The average Bonchev–Trinajstić information content (AvgIpc) is 2.69. The number of nitrogens with zero attached hydrogens (tertiary/aromatic N) is 3. The van der Waals surface area contributed by atoms with E-state index in [2.05, 4.69) is 20.6 Å². The van der Waals surface area contributed by atoms with E-state index in [4.69, 9.17) is 0 Å². The standard InChI is InChI=1S/C21H25N5O2/c1-3-22-18-15(20(27)23-14-7-5-4-6-8-14)11-16-19(25-18)24-17-10-9-13(2)12-26(17)21(16)28/h9-12,14H,3-8H2,1-2H3,(H,22,25)(H,23,27). The van der Waals surface area contributed by atoms with E-state index in [0.29, 0.717) is 34.6 Å². The fraction of sp³-hybridized carbons (Fsp3) is 0.429. The number of hydrogen-bond acceptors (Lipinski definition) is 5. The van der Waals surface area contributed by atoms with Crippen LogP contribution in [0.1, 0.15) is 54.9 Å². The zero-order chi connectivity index (χ0) is 19.7. The van der Waals surface area contributed by atoms with Gasteiger partial charge in [0.25, 0.3) is 11.5 Å². The summed E-state index contributed by atoms with van der Waals surface area (Å²) in [5.41, 5.74) is 2.03. The Labute approximate surface area is 163 Å². The number of nitrogens with one attached hydrogen (secondary N) is 2. The number of carbonyl (C=O) groups excluding carboxylic acids is 1. The van der Waals surface area contributed by atoms with Gasteiger partial charge in [0.2, 0.25) is 0 Å². The molecule has 1 fully saturated rings. The summed E-state index contributed by atoms with van der Waals surface area (Å²) in [5.74, 6) is 0.276. The Morgan fingerprint density at radius 2 is 2.00 bits per heavy atom. The molecule has 1 aliphatic carbocycles. The van der Waals surface area contributed by atoms with Gasteiger partial charge in [-0.3, -0.25) is 14.0 Å². The van der Waals surface area contributed by atoms with Crippen molar-refractivity contribution in [3.63, 3.8) is 0 Å². The minimum absolute atomic E-state index is 0.185. The summed E-state index contributed by atoms with van der Waals surface area (Å²) in [6.45, 7) is 4.49. The van der Waals surface area contributed by atoms with Gasteiger partial charge in [0.05, 0.1) is 10.9 Å². The van der Waals surface area contributed by atoms with Crippen molar-refractivity contribution in [1.82, 2.24) is 19.7 Å². The quantitative estimate of drug-likeness (QED) is 0.680. The summed E-state index contributed by atoms with van der Waals surface area (Å²) in [7, 11) is 0. The predicted molar refractivity (Wildman–Crippen MR) is 110 cm³/mol. The Morgan fingerprint density at radius 1 is 1.21 bits per heavy atom. The van der Waals surface area contributed by atoms with Gasteiger partial charge in [0.1, 0.15) is 11.5 Å². The maximum Gasteiger partial charge on any atom is 0.267 e. The highest BCUT2D eigenvalue weighted by atomic mass is 16.2. The molecule has 1 amide bonds. The number of hydrogen-bond donors (Lipinski definition) is 2. The van der Waals surface area contributed by atoms with Crippen molar-refractivity contribution in [2.75, 3.05) is 11.9 Å². The van der Waals surface area contributed by atoms with E-state index >= 15 is 0 Å². The van der Waals surface area contributed by atoms with Crippen LogP contribution in [0.15, 0.2) is 29.2 Å². The minimum Gasteiger partial charge on any atom is -0.370 e. The second-order valence-corrected chi connectivity index (χ2v) is 7.45. The molecule has 3 aromatic rings. The number of rotatable bonds is 4. The van der Waals surface area contributed by atoms with Crippen LogP contribution < -0.4 is 16.2 Å². The fourth-order valence-electron chi connectivity index (χ4n) is 3.82. The maximum absolute atomic E-state index is 13.0. The molecule has 0 spiro atoms. The van der Waals surface area contributed by atoms with Crippen LogP contribution >= 0.6 is 0 Å². The average molecular weight is 379 g/mol. The third-order valence-corrected chi connectivity index (χ3v) is 5.28. The molecule has 7 heteroatoms. The molecule has 2 N–H and O–H groups in total. The first kappa shape index (κ1) is 18.4. The van der Waals surface area contributed by atoms with Crippen molar-refractivity contribution in [1.29, 1.82) is 0 Å². The molecule has 0 saturated heterocycles. The van der Waals surface area contributed by atoms with E-state index in [1.807, 2.05) is 19.9 Å². The van der Waals surface area contributed by atoms with Crippen LogP contribution in [0.25, 0.3) is 16.7 Å². The van der Waals surface area contributed by atoms with Crippen LogP contribution in [-0.2, 0) is 0 Å². The third kappa shape index (κ3) is 3.44. The molecule has 28 heavy (non-hydrogen) atoms. The van der Waals surface area contributed by atoms with Crippen molar-refractivity contribution < 1.29 is 4.79 Å². The Balaban J connectivity index is 1.82. The zero-order valence-corrected chi connectivity index (χ0v) is 16.3. The van der Waals surface area contributed by atoms with Crippen LogP contribution in [0, 0.1) is 6.92 Å². The van der Waals surface area contributed by atoms with Gasteiger partial charge < -0.3 is 10.6 Å². The number of aryl methyl sites for hydroxylation is 1. The molecule has 4 rings (SSSR count). The molecule has 0 unspecified atom stereocenters. The molecular weight excluding hydrogens is 354 g/mol. The first-order valence-corrected chi connectivity index (χ1v) is 9.95. The van der Waals surface area contributed by atoms with E-state index in [0.717, 1.165) is 31.2 Å². The summed E-state index contributed by atoms with van der Waals surface area (Å²) < 4.78 is 1.51. The highest BCUT2D eigenvalue weighted by Gasteiger charge is 2.21. The second kappa shape index (κ2) is 7.58. The second-order valence-electron chi connectivity index (χ2n) is 7.45. The summed E-state index contributed by atoms with van der Waals surface area (Å²) in [5, 5.41) is 6.60. The number of amides is 1.